The van der Waals surface area contributed by atoms with Crippen molar-refractivity contribution in [2.24, 2.45) is 4.99 Å². The molecule has 0 radical (unpaired) electrons. The first kappa shape index (κ1) is 21.3. The highest BCUT2D eigenvalue weighted by Gasteiger charge is 2.13. The first-order chi connectivity index (χ1) is 15.1. The molecule has 7 heteroatoms. The highest BCUT2D eigenvalue weighted by atomic mass is 32.2. The molecular weight excluding hydrogens is 428 g/mol. The molecule has 1 heterocycles. The second-order valence-electron chi connectivity index (χ2n) is 7.02. The van der Waals surface area contributed by atoms with Crippen LogP contribution in [-0.4, -0.2) is 35.6 Å². The summed E-state index contributed by atoms with van der Waals surface area (Å²) < 4.78 is 7.79. The van der Waals surface area contributed by atoms with Crippen LogP contribution in [0.5, 0.6) is 0 Å². The lowest BCUT2D eigenvalue weighted by Crippen LogP contribution is -2.18. The van der Waals surface area contributed by atoms with Gasteiger partial charge in [0.25, 0.3) is 5.91 Å². The summed E-state index contributed by atoms with van der Waals surface area (Å²) in [5, 5.41) is 2.18. The van der Waals surface area contributed by atoms with E-state index < -0.39 is 0 Å². The van der Waals surface area contributed by atoms with Crippen molar-refractivity contribution >= 4 is 56.0 Å². The fourth-order valence-electron chi connectivity index (χ4n) is 3.56. The van der Waals surface area contributed by atoms with Crippen LogP contribution in [0.1, 0.15) is 15.9 Å². The van der Waals surface area contributed by atoms with Gasteiger partial charge >= 0.3 is 5.97 Å². The van der Waals surface area contributed by atoms with Crippen molar-refractivity contribution in [1.82, 2.24) is 4.57 Å². The Balaban J connectivity index is 1.73. The smallest absolute Gasteiger partial charge is 0.337 e. The number of ether oxygens (including phenoxy) is 1. The van der Waals surface area contributed by atoms with Crippen LogP contribution in [0.25, 0.3) is 21.0 Å². The van der Waals surface area contributed by atoms with E-state index in [2.05, 4.69) is 9.56 Å². The Bertz CT molecular complexity index is 1330. The summed E-state index contributed by atoms with van der Waals surface area (Å²) in [6.45, 7) is 0.735. The number of benzene rings is 3. The number of aromatic nitrogens is 1. The maximum atomic E-state index is 12.9. The van der Waals surface area contributed by atoms with E-state index in [1.165, 1.54) is 18.4 Å². The van der Waals surface area contributed by atoms with E-state index in [1.54, 1.807) is 23.9 Å². The van der Waals surface area contributed by atoms with Gasteiger partial charge in [-0.2, -0.15) is 16.8 Å². The van der Waals surface area contributed by atoms with E-state index in [-0.39, 0.29) is 18.3 Å². The van der Waals surface area contributed by atoms with E-state index in [0.717, 1.165) is 38.9 Å². The van der Waals surface area contributed by atoms with E-state index >= 15 is 0 Å². The zero-order valence-corrected chi connectivity index (χ0v) is 19.0. The van der Waals surface area contributed by atoms with Crippen molar-refractivity contribution < 1.29 is 14.3 Å². The zero-order valence-electron chi connectivity index (χ0n) is 17.3. The molecule has 0 aliphatic heterocycles. The number of esters is 1. The molecule has 0 bridgehead atoms. The average Bonchev–Trinajstić information content (AvgIpc) is 3.13. The quantitative estimate of drug-likeness (QED) is 0.400. The summed E-state index contributed by atoms with van der Waals surface area (Å²) in [6, 6.07) is 19.5. The van der Waals surface area contributed by atoms with Crippen LogP contribution in [0, 0.1) is 0 Å². The largest absolute Gasteiger partial charge is 0.465 e. The van der Waals surface area contributed by atoms with Crippen molar-refractivity contribution in [3.05, 3.63) is 76.6 Å². The van der Waals surface area contributed by atoms with E-state index in [1.807, 2.05) is 54.8 Å². The monoisotopic (exact) mass is 450 g/mol. The predicted molar refractivity (Wildman–Crippen MR) is 128 cm³/mol. The number of hydrogen-bond donors (Lipinski definition) is 0. The minimum Gasteiger partial charge on any atom is -0.465 e. The number of methoxy groups -OCH3 is 1. The molecule has 0 aliphatic carbocycles. The third-order valence-electron chi connectivity index (χ3n) is 5.06. The van der Waals surface area contributed by atoms with Crippen LogP contribution in [0.4, 0.5) is 0 Å². The Morgan fingerprint density at radius 2 is 1.90 bits per heavy atom. The fraction of sp³-hybridized carbons (Fsp3) is 0.208. The molecule has 0 spiro atoms. The number of thioether (sulfide) groups is 1. The first-order valence-corrected chi connectivity index (χ1v) is 12.1. The number of nitrogens with zero attached hydrogens (tertiary/aromatic N) is 2. The van der Waals surface area contributed by atoms with Gasteiger partial charge in [-0.05, 0) is 40.8 Å². The maximum absolute atomic E-state index is 12.9. The number of aryl methyl sites for hydroxylation is 1. The van der Waals surface area contributed by atoms with Crippen molar-refractivity contribution in [3.8, 4) is 0 Å². The second-order valence-corrected chi connectivity index (χ2v) is 9.02. The highest BCUT2D eigenvalue weighted by Crippen LogP contribution is 2.21. The minimum absolute atomic E-state index is 0.186. The lowest BCUT2D eigenvalue weighted by Gasteiger charge is -2.05. The van der Waals surface area contributed by atoms with Crippen LogP contribution in [-0.2, 0) is 22.5 Å². The van der Waals surface area contributed by atoms with Gasteiger partial charge in [0.15, 0.2) is 4.80 Å². The van der Waals surface area contributed by atoms with Crippen molar-refractivity contribution in [3.63, 3.8) is 0 Å². The van der Waals surface area contributed by atoms with Crippen LogP contribution >= 0.6 is 23.1 Å². The Kier molecular flexibility index (Phi) is 6.53. The van der Waals surface area contributed by atoms with Gasteiger partial charge in [0.2, 0.25) is 0 Å². The van der Waals surface area contributed by atoms with Crippen molar-refractivity contribution in [1.29, 1.82) is 0 Å². The molecule has 0 fully saturated rings. The SMILES string of the molecule is COC(=O)c1ccc2c(c1)sc(=NC(=O)Cc1cccc3ccccc13)n2CCSC. The number of hydrogen-bond acceptors (Lipinski definition) is 5. The van der Waals surface area contributed by atoms with E-state index in [4.69, 9.17) is 4.74 Å². The molecule has 1 amide bonds. The molecule has 0 aliphatic rings. The van der Waals surface area contributed by atoms with Crippen LogP contribution in [0.15, 0.2) is 65.7 Å². The molecule has 4 aromatic rings. The minimum atomic E-state index is -0.378. The second kappa shape index (κ2) is 9.49. The van der Waals surface area contributed by atoms with Crippen molar-refractivity contribution in [2.75, 3.05) is 19.1 Å². The van der Waals surface area contributed by atoms with E-state index in [0.29, 0.717) is 10.4 Å². The zero-order chi connectivity index (χ0) is 21.8. The number of rotatable bonds is 6. The average molecular weight is 451 g/mol. The van der Waals surface area contributed by atoms with Gasteiger partial charge in [0, 0.05) is 12.3 Å². The Labute approximate surface area is 188 Å². The van der Waals surface area contributed by atoms with Crippen LogP contribution in [0.2, 0.25) is 0 Å². The third kappa shape index (κ3) is 4.57. The summed E-state index contributed by atoms with van der Waals surface area (Å²) in [5.41, 5.74) is 2.42. The summed E-state index contributed by atoms with van der Waals surface area (Å²) in [6.07, 6.45) is 2.29. The van der Waals surface area contributed by atoms with Gasteiger partial charge in [0.05, 0.1) is 29.3 Å². The van der Waals surface area contributed by atoms with Crippen molar-refractivity contribution in [2.45, 2.75) is 13.0 Å². The first-order valence-electron chi connectivity index (χ1n) is 9.85. The Morgan fingerprint density at radius 1 is 1.10 bits per heavy atom. The molecule has 0 unspecified atom stereocenters. The molecule has 4 rings (SSSR count). The summed E-state index contributed by atoms with van der Waals surface area (Å²) in [7, 11) is 1.37. The van der Waals surface area contributed by atoms with Gasteiger partial charge in [-0.1, -0.05) is 53.8 Å². The summed E-state index contributed by atoms with van der Waals surface area (Å²) >= 11 is 3.15. The third-order valence-corrected chi connectivity index (χ3v) is 6.70. The number of amides is 1. The molecule has 0 N–H and O–H groups in total. The molecule has 0 saturated heterocycles. The molecule has 5 nitrogen and oxygen atoms in total. The number of carbonyl (C=O) groups excluding carboxylic acids is 2. The maximum Gasteiger partial charge on any atom is 0.337 e. The molecule has 0 atom stereocenters. The van der Waals surface area contributed by atoms with Gasteiger partial charge in [0.1, 0.15) is 0 Å². The highest BCUT2D eigenvalue weighted by molar-refractivity contribution is 7.98. The number of thiazole rings is 1. The number of fused-ring (bicyclic) bond motifs is 2. The van der Waals surface area contributed by atoms with Gasteiger partial charge in [-0.25, -0.2) is 4.79 Å². The summed E-state index contributed by atoms with van der Waals surface area (Å²) in [4.78, 5) is 29.9. The number of carbonyl (C=O) groups is 2. The van der Waals surface area contributed by atoms with E-state index in [9.17, 15) is 9.59 Å². The Morgan fingerprint density at radius 3 is 2.71 bits per heavy atom. The summed E-state index contributed by atoms with van der Waals surface area (Å²) in [5.74, 6) is 0.334. The normalized spacial score (nSPS) is 11.9. The van der Waals surface area contributed by atoms with Gasteiger partial charge < -0.3 is 9.30 Å². The lowest BCUT2D eigenvalue weighted by molar-refractivity contribution is -0.117. The molecule has 158 valence electrons. The lowest BCUT2D eigenvalue weighted by atomic mass is 10.0. The standard InChI is InChI=1S/C24H22N2O3S2/c1-29-23(28)18-10-11-20-21(14-18)31-24(26(20)12-13-30-2)25-22(27)15-17-8-5-7-16-6-3-4-9-19(16)17/h3-11,14H,12-13,15H2,1-2H3. The molecule has 0 saturated carbocycles. The molecule has 3 aromatic carbocycles. The van der Waals surface area contributed by atoms with Gasteiger partial charge in [-0.3, -0.25) is 4.79 Å². The predicted octanol–water partition coefficient (Wildman–Crippen LogP) is 4.68. The van der Waals surface area contributed by atoms with Crippen LogP contribution < -0.4 is 4.80 Å². The van der Waals surface area contributed by atoms with Crippen LogP contribution in [0.3, 0.4) is 0 Å². The van der Waals surface area contributed by atoms with Gasteiger partial charge in [-0.15, -0.1) is 0 Å². The molecular formula is C24H22N2O3S2. The molecule has 31 heavy (non-hydrogen) atoms. The Hall–Kier alpha value is -2.90. The molecule has 1 aromatic heterocycles. The fourth-order valence-corrected chi connectivity index (χ4v) is 5.04. The topological polar surface area (TPSA) is 60.7 Å².